The quantitative estimate of drug-likeness (QED) is 0.132. The summed E-state index contributed by atoms with van der Waals surface area (Å²) in [5.74, 6) is -2.33. The highest BCUT2D eigenvalue weighted by Crippen LogP contribution is 2.43. The summed E-state index contributed by atoms with van der Waals surface area (Å²) in [5, 5.41) is 1.46. The number of ketones is 2. The number of ether oxygens (including phenoxy) is 2. The molecule has 7 heteroatoms. The van der Waals surface area contributed by atoms with Gasteiger partial charge in [-0.15, -0.1) is 13.2 Å². The molecule has 0 saturated heterocycles. The Hall–Kier alpha value is -4.91. The number of hydrogen-bond donors (Lipinski definition) is 0. The number of allylic oxidation sites excluding steroid dienone is 4. The van der Waals surface area contributed by atoms with Crippen LogP contribution in [0.4, 0.5) is 0 Å². The van der Waals surface area contributed by atoms with E-state index in [-0.39, 0.29) is 22.7 Å². The van der Waals surface area contributed by atoms with Crippen LogP contribution in [0.5, 0.6) is 0 Å². The normalized spacial score (nSPS) is 14.6. The van der Waals surface area contributed by atoms with Crippen LogP contribution in [0.15, 0.2) is 97.8 Å². The number of carbonyl (C=O) groups is 3. The van der Waals surface area contributed by atoms with Gasteiger partial charge in [0.1, 0.15) is 0 Å². The highest BCUT2D eigenvalue weighted by Gasteiger charge is 2.41. The average Bonchev–Trinajstić information content (AvgIpc) is 3.55. The predicted octanol–water partition coefficient (Wildman–Crippen LogP) is 6.92. The first-order valence-corrected chi connectivity index (χ1v) is 13.7. The van der Waals surface area contributed by atoms with Crippen LogP contribution in [0.3, 0.4) is 0 Å². The molecule has 2 aromatic heterocycles. The van der Waals surface area contributed by atoms with Crippen molar-refractivity contribution in [3.8, 4) is 0 Å². The van der Waals surface area contributed by atoms with Crippen LogP contribution in [0.1, 0.15) is 45.7 Å². The maximum Gasteiger partial charge on any atom is 0.308 e. The first-order valence-electron chi connectivity index (χ1n) is 13.7. The van der Waals surface area contributed by atoms with Crippen molar-refractivity contribution in [3.63, 3.8) is 0 Å². The van der Waals surface area contributed by atoms with Gasteiger partial charge in [0.25, 0.3) is 0 Å². The molecule has 0 bridgehead atoms. The molecule has 2 heterocycles. The zero-order chi connectivity index (χ0) is 30.6. The van der Waals surface area contributed by atoms with Crippen molar-refractivity contribution in [1.29, 1.82) is 0 Å². The molecular weight excluding hydrogens is 528 g/mol. The van der Waals surface area contributed by atoms with E-state index in [0.717, 1.165) is 21.8 Å². The van der Waals surface area contributed by atoms with Crippen LogP contribution in [-0.2, 0) is 34.9 Å². The molecule has 0 fully saturated rings. The van der Waals surface area contributed by atoms with Crippen LogP contribution in [0.25, 0.3) is 33.0 Å². The van der Waals surface area contributed by atoms with Gasteiger partial charge in [-0.25, -0.2) is 0 Å². The zero-order valence-corrected chi connectivity index (χ0v) is 24.8. The van der Waals surface area contributed by atoms with Gasteiger partial charge in [-0.1, -0.05) is 48.6 Å². The van der Waals surface area contributed by atoms with Gasteiger partial charge in [-0.3, -0.25) is 14.4 Å². The van der Waals surface area contributed by atoms with Crippen LogP contribution in [-0.4, -0.2) is 33.8 Å². The molecule has 4 aromatic rings. The van der Waals surface area contributed by atoms with Gasteiger partial charge in [0.05, 0.1) is 29.3 Å². The van der Waals surface area contributed by atoms with Gasteiger partial charge in [-0.2, -0.15) is 0 Å². The minimum Gasteiger partial charge on any atom is -0.492 e. The van der Waals surface area contributed by atoms with E-state index in [9.17, 15) is 14.4 Å². The Bertz CT molecular complexity index is 1890. The molecule has 0 spiro atoms. The van der Waals surface area contributed by atoms with E-state index in [2.05, 4.69) is 13.2 Å². The van der Waals surface area contributed by atoms with Crippen LogP contribution < -0.4 is 0 Å². The second-order valence-corrected chi connectivity index (χ2v) is 11.4. The number of methoxy groups -OCH3 is 1. The van der Waals surface area contributed by atoms with Crippen molar-refractivity contribution in [2.45, 2.75) is 45.7 Å². The number of para-hydroxylation sites is 2. The van der Waals surface area contributed by atoms with Gasteiger partial charge in [0.2, 0.25) is 11.6 Å². The topological polar surface area (TPSA) is 79.5 Å². The molecule has 0 aliphatic heterocycles. The van der Waals surface area contributed by atoms with E-state index in [1.807, 2.05) is 97.6 Å². The minimum atomic E-state index is -0.714. The van der Waals surface area contributed by atoms with Crippen LogP contribution >= 0.6 is 0 Å². The molecule has 42 heavy (non-hydrogen) atoms. The molecule has 0 radical (unpaired) electrons. The Kier molecular flexibility index (Phi) is 6.93. The molecule has 2 aromatic carbocycles. The predicted molar refractivity (Wildman–Crippen MR) is 166 cm³/mol. The number of Topliss-reactive ketones (excluding diaryl/α,β-unsaturated/α-hetero) is 2. The first kappa shape index (κ1) is 28.6. The van der Waals surface area contributed by atoms with E-state index in [1.165, 1.54) is 14.0 Å². The Labute approximate surface area is 245 Å². The van der Waals surface area contributed by atoms with Crippen molar-refractivity contribution in [3.05, 3.63) is 109 Å². The second-order valence-electron chi connectivity index (χ2n) is 11.4. The summed E-state index contributed by atoms with van der Waals surface area (Å²) in [6, 6.07) is 15.1. The lowest BCUT2D eigenvalue weighted by molar-refractivity contribution is -0.139. The summed E-state index contributed by atoms with van der Waals surface area (Å²) in [6.45, 7) is 17.1. The van der Waals surface area contributed by atoms with Crippen molar-refractivity contribution in [1.82, 2.24) is 9.13 Å². The van der Waals surface area contributed by atoms with Gasteiger partial charge >= 0.3 is 5.97 Å². The van der Waals surface area contributed by atoms with Crippen molar-refractivity contribution in [2.75, 3.05) is 7.11 Å². The maximum atomic E-state index is 14.5. The highest BCUT2D eigenvalue weighted by molar-refractivity contribution is 6.48. The Morgan fingerprint density at radius 1 is 0.738 bits per heavy atom. The second kappa shape index (κ2) is 10.2. The molecule has 0 atom stereocenters. The highest BCUT2D eigenvalue weighted by atomic mass is 16.5. The largest absolute Gasteiger partial charge is 0.492 e. The number of nitrogens with zero attached hydrogens (tertiary/aromatic N) is 2. The lowest BCUT2D eigenvalue weighted by atomic mass is 9.85. The summed E-state index contributed by atoms with van der Waals surface area (Å²) in [6.07, 6.45) is 7.23. The van der Waals surface area contributed by atoms with Gasteiger partial charge in [-0.05, 0) is 39.8 Å². The fourth-order valence-corrected chi connectivity index (χ4v) is 5.49. The number of carbonyl (C=O) groups excluding carboxylic acids is 3. The molecule has 0 N–H and O–H groups in total. The van der Waals surface area contributed by atoms with Crippen molar-refractivity contribution in [2.24, 2.45) is 0 Å². The summed E-state index contributed by atoms with van der Waals surface area (Å²) in [5.41, 5.74) is 1.61. The molecule has 1 aliphatic carbocycles. The number of benzene rings is 2. The van der Waals surface area contributed by atoms with E-state index >= 15 is 0 Å². The monoisotopic (exact) mass is 562 g/mol. The SMILES string of the molecule is C=CC(C)(C)n1cc(C2=C(OC)C(=O)C(c3cn(C(C)(C)C=C)c4ccccc34)=C(OC(C)=O)C2=O)c2ccccc21. The van der Waals surface area contributed by atoms with Crippen LogP contribution in [0, 0.1) is 0 Å². The lowest BCUT2D eigenvalue weighted by Gasteiger charge is -2.24. The third kappa shape index (κ3) is 4.33. The summed E-state index contributed by atoms with van der Waals surface area (Å²) in [7, 11) is 1.37. The summed E-state index contributed by atoms with van der Waals surface area (Å²) >= 11 is 0. The van der Waals surface area contributed by atoms with Crippen molar-refractivity contribution >= 4 is 50.5 Å². The van der Waals surface area contributed by atoms with E-state index < -0.39 is 28.6 Å². The molecule has 1 aliphatic rings. The number of fused-ring (bicyclic) bond motifs is 2. The minimum absolute atomic E-state index is 0.0271. The third-order valence-corrected chi connectivity index (χ3v) is 7.97. The summed E-state index contributed by atoms with van der Waals surface area (Å²) < 4.78 is 15.3. The smallest absolute Gasteiger partial charge is 0.308 e. The van der Waals surface area contributed by atoms with E-state index in [4.69, 9.17) is 9.47 Å². The lowest BCUT2D eigenvalue weighted by Crippen LogP contribution is -2.26. The molecule has 0 unspecified atom stereocenters. The first-order chi connectivity index (χ1) is 19.9. The fourth-order valence-electron chi connectivity index (χ4n) is 5.49. The Morgan fingerprint density at radius 2 is 1.14 bits per heavy atom. The van der Waals surface area contributed by atoms with Gasteiger partial charge in [0, 0.05) is 52.3 Å². The number of rotatable bonds is 8. The number of esters is 1. The third-order valence-electron chi connectivity index (χ3n) is 7.97. The van der Waals surface area contributed by atoms with Gasteiger partial charge in [0.15, 0.2) is 11.5 Å². The Balaban J connectivity index is 1.83. The van der Waals surface area contributed by atoms with Gasteiger partial charge < -0.3 is 18.6 Å². The standard InChI is InChI=1S/C35H34N2O5/c1-9-34(4,5)36-19-24(22-15-11-13-17-26(22)36)28-31(40)33(42-21(3)38)29(30(39)32(28)41-8)25-20-37(35(6,7)10-2)27-18-14-12-16-23(25)27/h9-20H,1-2H2,3-8H3. The maximum absolute atomic E-state index is 14.5. The zero-order valence-electron chi connectivity index (χ0n) is 24.8. The molecule has 214 valence electrons. The number of aromatic nitrogens is 2. The molecule has 0 saturated carbocycles. The molecular formula is C35H34N2O5. The number of hydrogen-bond acceptors (Lipinski definition) is 5. The van der Waals surface area contributed by atoms with E-state index in [1.54, 1.807) is 12.3 Å². The fraction of sp³-hybridized carbons (Fsp3) is 0.229. The molecule has 0 amide bonds. The van der Waals surface area contributed by atoms with Crippen molar-refractivity contribution < 1.29 is 23.9 Å². The molecule has 5 rings (SSSR count). The Morgan fingerprint density at radius 3 is 1.55 bits per heavy atom. The van der Waals surface area contributed by atoms with E-state index in [0.29, 0.717) is 11.1 Å². The summed E-state index contributed by atoms with van der Waals surface area (Å²) in [4.78, 5) is 41.3. The van der Waals surface area contributed by atoms with Crippen LogP contribution in [0.2, 0.25) is 0 Å². The molecule has 7 nitrogen and oxygen atoms in total. The average molecular weight is 563 g/mol.